The number of anilines is 1. The molecule has 1 N–H and O–H groups in total. The van der Waals surface area contributed by atoms with Crippen LogP contribution in [0.5, 0.6) is 0 Å². The van der Waals surface area contributed by atoms with Crippen LogP contribution in [-0.2, 0) is 12.8 Å². The number of rotatable bonds is 1. The van der Waals surface area contributed by atoms with Crippen molar-refractivity contribution in [3.05, 3.63) is 23.4 Å². The molecule has 19 heavy (non-hydrogen) atoms. The summed E-state index contributed by atoms with van der Waals surface area (Å²) in [6.45, 7) is 2.74. The molecule has 2 aliphatic rings. The standard InChI is InChI=1S/C14H19F2N3/c15-14(16)5-9-19(10-6-14)13-2-1-11-3-7-17-8-4-12(11)18-13/h1-2,17H,3-10H2. The first-order valence-electron chi connectivity index (χ1n) is 6.96. The van der Waals surface area contributed by atoms with Gasteiger partial charge in [0.15, 0.2) is 0 Å². The molecule has 0 atom stereocenters. The number of pyridine rings is 1. The lowest BCUT2D eigenvalue weighted by Gasteiger charge is -2.32. The predicted octanol–water partition coefficient (Wildman–Crippen LogP) is 2.01. The Kier molecular flexibility index (Phi) is 3.39. The summed E-state index contributed by atoms with van der Waals surface area (Å²) < 4.78 is 26.3. The predicted molar refractivity (Wildman–Crippen MR) is 70.9 cm³/mol. The number of fused-ring (bicyclic) bond motifs is 1. The lowest BCUT2D eigenvalue weighted by atomic mass is 10.1. The van der Waals surface area contributed by atoms with Crippen LogP contribution >= 0.6 is 0 Å². The van der Waals surface area contributed by atoms with Crippen molar-refractivity contribution in [2.45, 2.75) is 31.6 Å². The molecule has 104 valence electrons. The number of aromatic nitrogens is 1. The minimum Gasteiger partial charge on any atom is -0.356 e. The summed E-state index contributed by atoms with van der Waals surface area (Å²) in [5.74, 6) is -1.64. The highest BCUT2D eigenvalue weighted by atomic mass is 19.3. The summed E-state index contributed by atoms with van der Waals surface area (Å²) >= 11 is 0. The smallest absolute Gasteiger partial charge is 0.251 e. The Morgan fingerprint density at radius 1 is 1.11 bits per heavy atom. The normalized spacial score (nSPS) is 22.7. The molecule has 1 aromatic rings. The van der Waals surface area contributed by atoms with E-state index in [1.165, 1.54) is 5.56 Å². The van der Waals surface area contributed by atoms with Crippen LogP contribution in [0.2, 0.25) is 0 Å². The Hall–Kier alpha value is -1.23. The first-order chi connectivity index (χ1) is 9.14. The molecule has 1 saturated heterocycles. The molecule has 1 aromatic heterocycles. The zero-order valence-corrected chi connectivity index (χ0v) is 11.0. The molecular formula is C14H19F2N3. The van der Waals surface area contributed by atoms with Crippen LogP contribution in [-0.4, -0.2) is 37.1 Å². The number of hydrogen-bond donors (Lipinski definition) is 1. The SMILES string of the molecule is FC1(F)CCN(c2ccc3c(n2)CCNCC3)CC1. The Balaban J connectivity index is 1.77. The maximum Gasteiger partial charge on any atom is 0.251 e. The summed E-state index contributed by atoms with van der Waals surface area (Å²) in [6, 6.07) is 4.09. The van der Waals surface area contributed by atoms with Gasteiger partial charge < -0.3 is 10.2 Å². The fourth-order valence-electron chi connectivity index (χ4n) is 2.76. The van der Waals surface area contributed by atoms with Gasteiger partial charge in [-0.3, -0.25) is 0 Å². The van der Waals surface area contributed by atoms with Gasteiger partial charge in [-0.1, -0.05) is 6.07 Å². The molecule has 0 bridgehead atoms. The van der Waals surface area contributed by atoms with Crippen molar-refractivity contribution in [2.75, 3.05) is 31.1 Å². The zero-order valence-electron chi connectivity index (χ0n) is 11.0. The minimum atomic E-state index is -2.49. The number of halogens is 2. The third-order valence-corrected chi connectivity index (χ3v) is 3.98. The molecule has 1 fully saturated rings. The van der Waals surface area contributed by atoms with Crippen molar-refractivity contribution in [1.82, 2.24) is 10.3 Å². The van der Waals surface area contributed by atoms with Crippen LogP contribution in [0.25, 0.3) is 0 Å². The third-order valence-electron chi connectivity index (χ3n) is 3.98. The first-order valence-corrected chi connectivity index (χ1v) is 6.96. The maximum absolute atomic E-state index is 13.2. The summed E-state index contributed by atoms with van der Waals surface area (Å²) in [6.07, 6.45) is 1.80. The highest BCUT2D eigenvalue weighted by Gasteiger charge is 2.34. The number of piperidine rings is 1. The van der Waals surface area contributed by atoms with E-state index < -0.39 is 5.92 Å². The lowest BCUT2D eigenvalue weighted by Crippen LogP contribution is -2.39. The van der Waals surface area contributed by atoms with E-state index in [0.717, 1.165) is 37.4 Å². The summed E-state index contributed by atoms with van der Waals surface area (Å²) in [5.41, 5.74) is 2.41. The maximum atomic E-state index is 13.2. The first kappa shape index (κ1) is 12.8. The van der Waals surface area contributed by atoms with Gasteiger partial charge in [-0.2, -0.15) is 0 Å². The third kappa shape index (κ3) is 2.86. The van der Waals surface area contributed by atoms with Gasteiger partial charge in [0.1, 0.15) is 5.82 Å². The van der Waals surface area contributed by atoms with Gasteiger partial charge in [0, 0.05) is 44.6 Å². The molecule has 0 radical (unpaired) electrons. The molecule has 5 heteroatoms. The van der Waals surface area contributed by atoms with Crippen molar-refractivity contribution in [2.24, 2.45) is 0 Å². The van der Waals surface area contributed by atoms with E-state index in [4.69, 9.17) is 0 Å². The second-order valence-electron chi connectivity index (χ2n) is 5.37. The number of alkyl halides is 2. The fraction of sp³-hybridized carbons (Fsp3) is 0.643. The van der Waals surface area contributed by atoms with Gasteiger partial charge in [0.2, 0.25) is 0 Å². The van der Waals surface area contributed by atoms with E-state index >= 15 is 0 Å². The van der Waals surface area contributed by atoms with E-state index in [1.807, 2.05) is 11.0 Å². The van der Waals surface area contributed by atoms with Crippen LogP contribution in [0, 0.1) is 0 Å². The summed E-state index contributed by atoms with van der Waals surface area (Å²) in [5, 5.41) is 3.35. The topological polar surface area (TPSA) is 28.2 Å². The molecule has 0 aliphatic carbocycles. The summed E-state index contributed by atoms with van der Waals surface area (Å²) in [7, 11) is 0. The highest BCUT2D eigenvalue weighted by molar-refractivity contribution is 5.43. The molecule has 3 rings (SSSR count). The van der Waals surface area contributed by atoms with Crippen LogP contribution in [0.15, 0.2) is 12.1 Å². The van der Waals surface area contributed by atoms with Gasteiger partial charge in [0.05, 0.1) is 0 Å². The molecule has 0 spiro atoms. The largest absolute Gasteiger partial charge is 0.356 e. The van der Waals surface area contributed by atoms with Crippen molar-refractivity contribution in [3.8, 4) is 0 Å². The second-order valence-corrected chi connectivity index (χ2v) is 5.37. The monoisotopic (exact) mass is 267 g/mol. The quantitative estimate of drug-likeness (QED) is 0.843. The zero-order chi connectivity index (χ0) is 13.3. The van der Waals surface area contributed by atoms with E-state index in [2.05, 4.69) is 16.4 Å². The van der Waals surface area contributed by atoms with Crippen molar-refractivity contribution in [1.29, 1.82) is 0 Å². The molecule has 0 saturated carbocycles. The summed E-state index contributed by atoms with van der Waals surface area (Å²) in [4.78, 5) is 6.67. The Bertz CT molecular complexity index is 452. The number of hydrogen-bond acceptors (Lipinski definition) is 3. The number of nitrogens with one attached hydrogen (secondary N) is 1. The Morgan fingerprint density at radius 2 is 1.84 bits per heavy atom. The van der Waals surface area contributed by atoms with Crippen molar-refractivity contribution < 1.29 is 8.78 Å². The lowest BCUT2D eigenvalue weighted by molar-refractivity contribution is -0.0221. The van der Waals surface area contributed by atoms with Crippen LogP contribution in [0.4, 0.5) is 14.6 Å². The van der Waals surface area contributed by atoms with Crippen molar-refractivity contribution >= 4 is 5.82 Å². The van der Waals surface area contributed by atoms with Gasteiger partial charge in [-0.25, -0.2) is 13.8 Å². The molecule has 0 amide bonds. The average Bonchev–Trinajstić information content (AvgIpc) is 2.63. The van der Waals surface area contributed by atoms with Gasteiger partial charge in [0.25, 0.3) is 5.92 Å². The van der Waals surface area contributed by atoms with Crippen LogP contribution in [0.3, 0.4) is 0 Å². The van der Waals surface area contributed by atoms with E-state index in [-0.39, 0.29) is 12.8 Å². The Labute approximate surface area is 112 Å². The Morgan fingerprint density at radius 3 is 2.63 bits per heavy atom. The van der Waals surface area contributed by atoms with Gasteiger partial charge in [-0.05, 0) is 24.6 Å². The molecule has 0 aromatic carbocycles. The second kappa shape index (κ2) is 5.04. The van der Waals surface area contributed by atoms with Crippen molar-refractivity contribution in [3.63, 3.8) is 0 Å². The van der Waals surface area contributed by atoms with E-state index in [9.17, 15) is 8.78 Å². The molecular weight excluding hydrogens is 248 g/mol. The van der Waals surface area contributed by atoms with E-state index in [1.54, 1.807) is 0 Å². The van der Waals surface area contributed by atoms with Crippen LogP contribution in [0.1, 0.15) is 24.1 Å². The number of nitrogens with zero attached hydrogens (tertiary/aromatic N) is 2. The van der Waals surface area contributed by atoms with E-state index in [0.29, 0.717) is 13.1 Å². The molecule has 2 aliphatic heterocycles. The fourth-order valence-corrected chi connectivity index (χ4v) is 2.76. The molecule has 3 nitrogen and oxygen atoms in total. The van der Waals surface area contributed by atoms with Crippen LogP contribution < -0.4 is 10.2 Å². The highest BCUT2D eigenvalue weighted by Crippen LogP contribution is 2.30. The van der Waals surface area contributed by atoms with Gasteiger partial charge in [-0.15, -0.1) is 0 Å². The minimum absolute atomic E-state index is 0.0622. The average molecular weight is 267 g/mol. The molecule has 3 heterocycles. The van der Waals surface area contributed by atoms with Gasteiger partial charge >= 0.3 is 0 Å². The molecule has 0 unspecified atom stereocenters.